The molecule has 1 heterocycles. The third kappa shape index (κ3) is 5.43. The van der Waals surface area contributed by atoms with E-state index in [1.807, 2.05) is 7.05 Å². The SMILES string of the molecule is CC(CNC(=O)N(C)CC1CCCC1O)CN1CCCCC1. The lowest BCUT2D eigenvalue weighted by molar-refractivity contribution is 0.113. The fourth-order valence-electron chi connectivity index (χ4n) is 3.71. The first kappa shape index (κ1) is 17.5. The Bertz CT molecular complexity index is 345. The molecule has 3 unspecified atom stereocenters. The molecule has 1 saturated heterocycles. The van der Waals surface area contributed by atoms with Crippen molar-refractivity contribution in [3.05, 3.63) is 0 Å². The molecule has 5 heteroatoms. The van der Waals surface area contributed by atoms with E-state index in [0.717, 1.165) is 32.4 Å². The summed E-state index contributed by atoms with van der Waals surface area (Å²) in [4.78, 5) is 16.4. The summed E-state index contributed by atoms with van der Waals surface area (Å²) in [5.41, 5.74) is 0. The highest BCUT2D eigenvalue weighted by Gasteiger charge is 2.27. The molecule has 1 aliphatic carbocycles. The van der Waals surface area contributed by atoms with Gasteiger partial charge in [0.25, 0.3) is 0 Å². The maximum atomic E-state index is 12.2. The molecule has 0 spiro atoms. The van der Waals surface area contributed by atoms with Crippen LogP contribution < -0.4 is 5.32 Å². The number of rotatable bonds is 6. The van der Waals surface area contributed by atoms with Crippen molar-refractivity contribution in [1.29, 1.82) is 0 Å². The van der Waals surface area contributed by atoms with Crippen molar-refractivity contribution < 1.29 is 9.90 Å². The average molecular weight is 311 g/mol. The number of carbonyl (C=O) groups is 1. The predicted octanol–water partition coefficient (Wildman–Crippen LogP) is 1.91. The zero-order valence-corrected chi connectivity index (χ0v) is 14.3. The quantitative estimate of drug-likeness (QED) is 0.788. The molecule has 0 radical (unpaired) electrons. The first-order chi connectivity index (χ1) is 10.6. The molecule has 22 heavy (non-hydrogen) atoms. The van der Waals surface area contributed by atoms with E-state index in [2.05, 4.69) is 17.1 Å². The molecule has 2 N–H and O–H groups in total. The topological polar surface area (TPSA) is 55.8 Å². The second-order valence-corrected chi connectivity index (χ2v) is 7.29. The highest BCUT2D eigenvalue weighted by atomic mass is 16.3. The molecular formula is C17H33N3O2. The molecule has 0 aromatic carbocycles. The standard InChI is InChI=1S/C17H33N3O2/c1-14(12-20-9-4-3-5-10-20)11-18-17(22)19(2)13-15-7-6-8-16(15)21/h14-16,21H,3-13H2,1-2H3,(H,18,22). The number of likely N-dealkylation sites (tertiary alicyclic amines) is 1. The van der Waals surface area contributed by atoms with Gasteiger partial charge >= 0.3 is 6.03 Å². The molecule has 2 fully saturated rings. The lowest BCUT2D eigenvalue weighted by Crippen LogP contribution is -2.44. The summed E-state index contributed by atoms with van der Waals surface area (Å²) >= 11 is 0. The first-order valence-corrected chi connectivity index (χ1v) is 8.95. The number of aliphatic hydroxyl groups is 1. The van der Waals surface area contributed by atoms with Crippen molar-refractivity contribution in [1.82, 2.24) is 15.1 Å². The van der Waals surface area contributed by atoms with Crippen molar-refractivity contribution >= 4 is 6.03 Å². The van der Waals surface area contributed by atoms with Gasteiger partial charge in [0.1, 0.15) is 0 Å². The predicted molar refractivity (Wildman–Crippen MR) is 88.8 cm³/mol. The molecule has 2 aliphatic rings. The maximum Gasteiger partial charge on any atom is 0.317 e. The highest BCUT2D eigenvalue weighted by molar-refractivity contribution is 5.73. The van der Waals surface area contributed by atoms with E-state index in [1.165, 1.54) is 32.4 Å². The number of urea groups is 1. The van der Waals surface area contributed by atoms with Crippen LogP contribution in [0.25, 0.3) is 0 Å². The van der Waals surface area contributed by atoms with Gasteiger partial charge in [0.15, 0.2) is 0 Å². The molecule has 2 amide bonds. The Morgan fingerprint density at radius 3 is 2.64 bits per heavy atom. The van der Waals surface area contributed by atoms with Gasteiger partial charge in [-0.2, -0.15) is 0 Å². The van der Waals surface area contributed by atoms with Crippen LogP contribution in [0.1, 0.15) is 45.4 Å². The second-order valence-electron chi connectivity index (χ2n) is 7.29. The van der Waals surface area contributed by atoms with Crippen LogP contribution in [-0.4, -0.2) is 66.8 Å². The van der Waals surface area contributed by atoms with Crippen LogP contribution in [0.2, 0.25) is 0 Å². The van der Waals surface area contributed by atoms with Gasteiger partial charge in [0.05, 0.1) is 6.10 Å². The van der Waals surface area contributed by atoms with E-state index in [4.69, 9.17) is 0 Å². The van der Waals surface area contributed by atoms with Gasteiger partial charge in [-0.15, -0.1) is 0 Å². The minimum atomic E-state index is -0.228. The van der Waals surface area contributed by atoms with Crippen LogP contribution >= 0.6 is 0 Å². The van der Waals surface area contributed by atoms with Crippen molar-refractivity contribution in [2.45, 2.75) is 51.6 Å². The molecule has 0 aromatic heterocycles. The van der Waals surface area contributed by atoms with Gasteiger partial charge in [-0.3, -0.25) is 0 Å². The zero-order chi connectivity index (χ0) is 15.9. The van der Waals surface area contributed by atoms with Crippen LogP contribution in [0.3, 0.4) is 0 Å². The smallest absolute Gasteiger partial charge is 0.317 e. The molecule has 128 valence electrons. The Morgan fingerprint density at radius 1 is 1.27 bits per heavy atom. The Labute approximate surface area is 135 Å². The largest absolute Gasteiger partial charge is 0.393 e. The molecule has 1 saturated carbocycles. The minimum absolute atomic E-state index is 0.00964. The summed E-state index contributed by atoms with van der Waals surface area (Å²) < 4.78 is 0. The summed E-state index contributed by atoms with van der Waals surface area (Å²) in [7, 11) is 1.83. The Hall–Kier alpha value is -0.810. The number of amides is 2. The summed E-state index contributed by atoms with van der Waals surface area (Å²) in [6.07, 6.45) is 6.75. The molecule has 3 atom stereocenters. The van der Waals surface area contributed by atoms with E-state index in [1.54, 1.807) is 4.90 Å². The lowest BCUT2D eigenvalue weighted by Gasteiger charge is -2.29. The van der Waals surface area contributed by atoms with Crippen molar-refractivity contribution in [2.24, 2.45) is 11.8 Å². The van der Waals surface area contributed by atoms with Crippen LogP contribution in [0.5, 0.6) is 0 Å². The van der Waals surface area contributed by atoms with Crippen LogP contribution in [0, 0.1) is 11.8 Å². The van der Waals surface area contributed by atoms with Crippen molar-refractivity contribution in [3.8, 4) is 0 Å². The van der Waals surface area contributed by atoms with Crippen molar-refractivity contribution in [2.75, 3.05) is 39.8 Å². The molecule has 1 aliphatic heterocycles. The van der Waals surface area contributed by atoms with E-state index in [9.17, 15) is 9.90 Å². The minimum Gasteiger partial charge on any atom is -0.393 e. The zero-order valence-electron chi connectivity index (χ0n) is 14.3. The molecule has 0 bridgehead atoms. The number of carbonyl (C=O) groups excluding carboxylic acids is 1. The third-order valence-electron chi connectivity index (χ3n) is 5.09. The van der Waals surface area contributed by atoms with Gasteiger partial charge in [-0.1, -0.05) is 19.8 Å². The normalized spacial score (nSPS) is 27.6. The van der Waals surface area contributed by atoms with Crippen molar-refractivity contribution in [3.63, 3.8) is 0 Å². The number of hydrogen-bond donors (Lipinski definition) is 2. The number of nitrogens with one attached hydrogen (secondary N) is 1. The van der Waals surface area contributed by atoms with Gasteiger partial charge in [0, 0.05) is 32.6 Å². The first-order valence-electron chi connectivity index (χ1n) is 8.95. The Kier molecular flexibility index (Phi) is 6.96. The number of piperidine rings is 1. The summed E-state index contributed by atoms with van der Waals surface area (Å²) in [5.74, 6) is 0.731. The Balaban J connectivity index is 1.63. The van der Waals surface area contributed by atoms with E-state index < -0.39 is 0 Å². The van der Waals surface area contributed by atoms with Crippen LogP contribution in [-0.2, 0) is 0 Å². The van der Waals surface area contributed by atoms with Gasteiger partial charge < -0.3 is 20.2 Å². The van der Waals surface area contributed by atoms with E-state index in [-0.39, 0.29) is 18.1 Å². The number of hydrogen-bond acceptors (Lipinski definition) is 3. The van der Waals surface area contributed by atoms with Crippen LogP contribution in [0.15, 0.2) is 0 Å². The van der Waals surface area contributed by atoms with Gasteiger partial charge in [-0.05, 0) is 44.7 Å². The fourth-order valence-corrected chi connectivity index (χ4v) is 3.71. The second kappa shape index (κ2) is 8.73. The summed E-state index contributed by atoms with van der Waals surface area (Å²) in [6.45, 7) is 7.08. The number of nitrogens with zero attached hydrogens (tertiary/aromatic N) is 2. The van der Waals surface area contributed by atoms with Gasteiger partial charge in [-0.25, -0.2) is 4.79 Å². The lowest BCUT2D eigenvalue weighted by atomic mass is 10.1. The molecule has 5 nitrogen and oxygen atoms in total. The van der Waals surface area contributed by atoms with Gasteiger partial charge in [0.2, 0.25) is 0 Å². The highest BCUT2D eigenvalue weighted by Crippen LogP contribution is 2.25. The third-order valence-corrected chi connectivity index (χ3v) is 5.09. The molecule has 2 rings (SSSR count). The molecule has 0 aromatic rings. The van der Waals surface area contributed by atoms with E-state index >= 15 is 0 Å². The Morgan fingerprint density at radius 2 is 2.00 bits per heavy atom. The maximum absolute atomic E-state index is 12.2. The summed E-state index contributed by atoms with van der Waals surface area (Å²) in [6, 6.07) is -0.00964. The fraction of sp³-hybridized carbons (Fsp3) is 0.941. The molecular weight excluding hydrogens is 278 g/mol. The van der Waals surface area contributed by atoms with E-state index in [0.29, 0.717) is 12.5 Å². The monoisotopic (exact) mass is 311 g/mol. The average Bonchev–Trinajstić information content (AvgIpc) is 2.91. The van der Waals surface area contributed by atoms with Crippen LogP contribution in [0.4, 0.5) is 4.79 Å². The summed E-state index contributed by atoms with van der Waals surface area (Å²) in [5, 5.41) is 12.9. The number of aliphatic hydroxyl groups excluding tert-OH is 1.